The van der Waals surface area contributed by atoms with E-state index in [4.69, 9.17) is 20.9 Å². The minimum absolute atomic E-state index is 0.0147. The van der Waals surface area contributed by atoms with Gasteiger partial charge in [0.25, 0.3) is 6.01 Å². The molecular weight excluding hydrogens is 536 g/mol. The molecule has 0 spiro atoms. The lowest BCUT2D eigenvalue weighted by molar-refractivity contribution is -0.131. The molecule has 0 radical (unpaired) electrons. The quantitative estimate of drug-likeness (QED) is 0.236. The number of hydrogen-bond donors (Lipinski definition) is 5. The van der Waals surface area contributed by atoms with Crippen LogP contribution in [0.2, 0.25) is 0 Å². The Morgan fingerprint density at radius 1 is 1.20 bits per heavy atom. The average Bonchev–Trinajstić information content (AvgIpc) is 3.50. The van der Waals surface area contributed by atoms with Gasteiger partial charge >= 0.3 is 0 Å². The number of nitrogen functional groups attached to an aromatic ring is 2. The van der Waals surface area contributed by atoms with Crippen LogP contribution in [0.4, 0.5) is 20.7 Å². The van der Waals surface area contributed by atoms with Gasteiger partial charge in [-0.15, -0.1) is 5.10 Å². The minimum Gasteiger partial charge on any atom is -0.459 e. The van der Waals surface area contributed by atoms with Crippen LogP contribution in [0, 0.1) is 17.6 Å². The van der Waals surface area contributed by atoms with Gasteiger partial charge < -0.3 is 36.1 Å². The van der Waals surface area contributed by atoms with Gasteiger partial charge in [-0.25, -0.2) is 8.78 Å². The summed E-state index contributed by atoms with van der Waals surface area (Å²) in [6.07, 6.45) is 3.51. The highest BCUT2D eigenvalue weighted by atomic mass is 19.1. The van der Waals surface area contributed by atoms with Crippen LogP contribution in [0.25, 0.3) is 22.3 Å². The summed E-state index contributed by atoms with van der Waals surface area (Å²) in [6, 6.07) is 8.77. The molecule has 1 aliphatic heterocycles. The van der Waals surface area contributed by atoms with E-state index in [1.54, 1.807) is 6.08 Å². The number of nitrogens with two attached hydrogens (primary N) is 2. The van der Waals surface area contributed by atoms with Gasteiger partial charge in [-0.05, 0) is 29.2 Å². The molecule has 13 heteroatoms. The van der Waals surface area contributed by atoms with Gasteiger partial charge in [0.2, 0.25) is 11.9 Å². The number of nitrogens with one attached hydrogen (secondary N) is 1. The van der Waals surface area contributed by atoms with Crippen molar-refractivity contribution in [3.8, 4) is 11.7 Å². The van der Waals surface area contributed by atoms with Gasteiger partial charge in [-0.3, -0.25) is 0 Å². The van der Waals surface area contributed by atoms with Gasteiger partial charge in [0.1, 0.15) is 23.5 Å². The monoisotopic (exact) mass is 565 g/mol. The maximum absolute atomic E-state index is 15.7. The maximum atomic E-state index is 15.7. The summed E-state index contributed by atoms with van der Waals surface area (Å²) in [7, 11) is 0. The highest BCUT2D eigenvalue weighted by Crippen LogP contribution is 2.38. The van der Waals surface area contributed by atoms with Gasteiger partial charge in [0.15, 0.2) is 5.82 Å². The predicted octanol–water partition coefficient (Wildman–Crippen LogP) is 2.85. The zero-order valence-corrected chi connectivity index (χ0v) is 22.0. The van der Waals surface area contributed by atoms with E-state index in [0.717, 1.165) is 5.56 Å². The Labute approximate surface area is 233 Å². The van der Waals surface area contributed by atoms with E-state index in [9.17, 15) is 10.2 Å². The van der Waals surface area contributed by atoms with E-state index in [-0.39, 0.29) is 66.0 Å². The van der Waals surface area contributed by atoms with Crippen LogP contribution in [0.5, 0.6) is 6.01 Å². The Morgan fingerprint density at radius 3 is 2.63 bits per heavy atom. The van der Waals surface area contributed by atoms with Crippen molar-refractivity contribution in [3.05, 3.63) is 71.3 Å². The van der Waals surface area contributed by atoms with Crippen LogP contribution in [-0.2, 0) is 4.74 Å². The molecule has 2 unspecified atom stereocenters. The highest BCUT2D eigenvalue weighted by molar-refractivity contribution is 5.86. The Bertz CT molecular complexity index is 1650. The third-order valence-corrected chi connectivity index (χ3v) is 7.49. The number of benzene rings is 2. The zero-order chi connectivity index (χ0) is 28.8. The predicted molar refractivity (Wildman–Crippen MR) is 147 cm³/mol. The number of ether oxygens (including phenoxy) is 2. The molecule has 2 aromatic carbocycles. The first-order chi connectivity index (χ1) is 19.7. The molecule has 11 nitrogen and oxygen atoms in total. The van der Waals surface area contributed by atoms with Crippen LogP contribution in [0.1, 0.15) is 30.4 Å². The summed E-state index contributed by atoms with van der Waals surface area (Å²) >= 11 is 0. The first-order valence-electron chi connectivity index (χ1n) is 13.2. The average molecular weight is 566 g/mol. The van der Waals surface area contributed by atoms with Crippen molar-refractivity contribution >= 4 is 28.5 Å². The molecule has 6 rings (SSSR count). The second-order valence-corrected chi connectivity index (χ2v) is 10.3. The topological polar surface area (TPSA) is 170 Å². The molecule has 7 N–H and O–H groups in total. The number of aliphatic hydroxyl groups excluding tert-OH is 2. The van der Waals surface area contributed by atoms with E-state index < -0.39 is 29.9 Å². The molecule has 3 heterocycles. The summed E-state index contributed by atoms with van der Waals surface area (Å²) in [5, 5.41) is 23.4. The first-order valence-corrected chi connectivity index (χ1v) is 13.2. The third kappa shape index (κ3) is 5.03. The van der Waals surface area contributed by atoms with Crippen molar-refractivity contribution in [2.24, 2.45) is 5.92 Å². The van der Waals surface area contributed by atoms with E-state index in [1.807, 2.05) is 43.3 Å². The number of aromatic amines is 1. The summed E-state index contributed by atoms with van der Waals surface area (Å²) < 4.78 is 43.5. The summed E-state index contributed by atoms with van der Waals surface area (Å²) in [4.78, 5) is 10.9. The molecule has 1 fully saturated rings. The molecule has 4 aromatic rings. The lowest BCUT2D eigenvalue weighted by Crippen LogP contribution is -2.45. The molecular formula is C28H29F2N7O4. The summed E-state index contributed by atoms with van der Waals surface area (Å²) in [5.74, 6) is -1.36. The van der Waals surface area contributed by atoms with Crippen LogP contribution in [0.15, 0.2) is 48.6 Å². The Hall–Kier alpha value is -4.33. The fraction of sp³-hybridized carbons (Fsp3) is 0.321. The molecule has 2 aliphatic rings. The van der Waals surface area contributed by atoms with Crippen LogP contribution in [-0.4, -0.2) is 66.5 Å². The largest absolute Gasteiger partial charge is 0.459 e. The Kier molecular flexibility index (Phi) is 6.93. The lowest BCUT2D eigenvalue weighted by atomic mass is 9.81. The molecule has 2 aromatic heterocycles. The highest BCUT2D eigenvalue weighted by Gasteiger charge is 2.32. The number of nitrogens with zero attached hydrogens (tertiary/aromatic N) is 4. The molecule has 0 bridgehead atoms. The number of hydrogen-bond acceptors (Lipinski definition) is 9. The molecule has 214 valence electrons. The Balaban J connectivity index is 1.21. The maximum Gasteiger partial charge on any atom is 0.295 e. The number of aromatic nitrogens is 5. The third-order valence-electron chi connectivity index (χ3n) is 7.49. The minimum atomic E-state index is -0.912. The smallest absolute Gasteiger partial charge is 0.295 e. The lowest BCUT2D eigenvalue weighted by Gasteiger charge is -2.31. The van der Waals surface area contributed by atoms with E-state index in [0.29, 0.717) is 11.3 Å². The second kappa shape index (κ2) is 10.6. The van der Waals surface area contributed by atoms with Crippen molar-refractivity contribution in [3.63, 3.8) is 0 Å². The van der Waals surface area contributed by atoms with Crippen LogP contribution < -0.4 is 16.2 Å². The van der Waals surface area contributed by atoms with Crippen molar-refractivity contribution in [1.82, 2.24) is 24.7 Å². The molecule has 0 saturated carbocycles. The van der Waals surface area contributed by atoms with E-state index >= 15 is 8.78 Å². The van der Waals surface area contributed by atoms with Gasteiger partial charge in [0.05, 0.1) is 36.1 Å². The molecule has 5 atom stereocenters. The number of fused-ring (bicyclic) bond motifs is 1. The number of rotatable bonds is 6. The number of aliphatic hydroxyl groups is 2. The Morgan fingerprint density at radius 2 is 1.98 bits per heavy atom. The van der Waals surface area contributed by atoms with Crippen molar-refractivity contribution in [2.75, 3.05) is 24.7 Å². The van der Waals surface area contributed by atoms with Crippen molar-refractivity contribution in [2.45, 2.75) is 37.6 Å². The molecule has 1 aliphatic carbocycles. The summed E-state index contributed by atoms with van der Waals surface area (Å²) in [5.41, 5.74) is 13.5. The molecule has 1 saturated heterocycles. The fourth-order valence-corrected chi connectivity index (χ4v) is 5.40. The fourth-order valence-electron chi connectivity index (χ4n) is 5.40. The number of anilines is 2. The first kappa shape index (κ1) is 26.9. The van der Waals surface area contributed by atoms with Crippen LogP contribution >= 0.6 is 0 Å². The number of H-pyrrole nitrogens is 1. The molecule has 41 heavy (non-hydrogen) atoms. The van der Waals surface area contributed by atoms with Gasteiger partial charge in [-0.1, -0.05) is 37.3 Å². The van der Waals surface area contributed by atoms with Crippen LogP contribution in [0.3, 0.4) is 0 Å². The van der Waals surface area contributed by atoms with E-state index in [1.165, 1.54) is 10.7 Å². The van der Waals surface area contributed by atoms with Crippen molar-refractivity contribution < 1.29 is 28.5 Å². The molecule has 0 amide bonds. The van der Waals surface area contributed by atoms with Gasteiger partial charge in [0, 0.05) is 18.4 Å². The summed E-state index contributed by atoms with van der Waals surface area (Å²) in [6.45, 7) is 1.79. The normalized spacial score (nSPS) is 24.5. The van der Waals surface area contributed by atoms with Crippen molar-refractivity contribution in [1.29, 1.82) is 0 Å². The number of allylic oxidation sites excluding steroid dienone is 4. The zero-order valence-electron chi connectivity index (χ0n) is 22.0. The standard InChI is InChI=1S/C28H29F2N7O4/c1-13-8-15(4-7-18(13)14-2-5-16(6-3-14)37-27(32)35-26(31)36-37)23-19(29)10-20-25(24(23)30)34-28(33-20)41-17-9-21(39)22(11-38)40-12-17/h2-8,10,13,17-18,21-22,38-39H,9,11-12H2,1H3,(H,33,34)(H4,31,32,35,36)/t13?,17-,18?,21+,22-/m1/s1. The number of halogens is 2. The van der Waals surface area contributed by atoms with Gasteiger partial charge in [-0.2, -0.15) is 14.6 Å². The second-order valence-electron chi connectivity index (χ2n) is 10.3. The number of imidazole rings is 1. The van der Waals surface area contributed by atoms with E-state index in [2.05, 4.69) is 20.1 Å². The SMILES string of the molecule is CC1C=C(c2c(F)cc3[nH]c(O[C@H]4CO[C@H](CO)[C@@H](O)C4)nc3c2F)C=CC1c1ccc(-n2nc(N)nc2N)cc1.